The third-order valence-corrected chi connectivity index (χ3v) is 4.87. The fourth-order valence-electron chi connectivity index (χ4n) is 3.55. The number of carbonyl (C=O) groups is 1. The van der Waals surface area contributed by atoms with Crippen LogP contribution in [0, 0.1) is 6.92 Å². The number of hydrogen-bond donors (Lipinski definition) is 2. The second-order valence-electron chi connectivity index (χ2n) is 7.90. The van der Waals surface area contributed by atoms with Gasteiger partial charge in [0.2, 0.25) is 0 Å². The molecule has 158 valence electrons. The number of piperazine rings is 1. The Morgan fingerprint density at radius 3 is 2.83 bits per heavy atom. The number of carbonyl (C=O) groups excluding carboxylic acids is 1. The molecule has 1 aliphatic heterocycles. The zero-order valence-electron chi connectivity index (χ0n) is 17.7. The van der Waals surface area contributed by atoms with E-state index in [2.05, 4.69) is 37.6 Å². The van der Waals surface area contributed by atoms with Gasteiger partial charge in [0.25, 0.3) is 5.91 Å². The Hall–Kier alpha value is -3.20. The molecule has 9 nitrogen and oxygen atoms in total. The van der Waals surface area contributed by atoms with Crippen molar-refractivity contribution < 1.29 is 9.53 Å². The predicted molar refractivity (Wildman–Crippen MR) is 115 cm³/mol. The highest BCUT2D eigenvalue weighted by Crippen LogP contribution is 2.24. The molecule has 1 atom stereocenters. The minimum absolute atomic E-state index is 0.0736. The van der Waals surface area contributed by atoms with E-state index in [0.29, 0.717) is 23.2 Å². The first-order chi connectivity index (χ1) is 14.4. The first-order valence-electron chi connectivity index (χ1n) is 10.2. The first kappa shape index (κ1) is 20.1. The van der Waals surface area contributed by atoms with Crippen molar-refractivity contribution in [1.82, 2.24) is 24.9 Å². The Labute approximate surface area is 175 Å². The number of ether oxygens (including phenoxy) is 1. The summed E-state index contributed by atoms with van der Waals surface area (Å²) in [4.78, 5) is 19.6. The summed E-state index contributed by atoms with van der Waals surface area (Å²) in [6.07, 6.45) is 3.52. The predicted octanol–water partition coefficient (Wildman–Crippen LogP) is 2.27. The van der Waals surface area contributed by atoms with Gasteiger partial charge in [0.15, 0.2) is 11.6 Å². The van der Waals surface area contributed by atoms with Crippen LogP contribution in [0.25, 0.3) is 5.65 Å². The molecule has 1 amide bonds. The van der Waals surface area contributed by atoms with Crippen LogP contribution < -0.4 is 20.3 Å². The molecule has 0 unspecified atom stereocenters. The minimum Gasteiger partial charge on any atom is -0.490 e. The van der Waals surface area contributed by atoms with Crippen molar-refractivity contribution in [2.24, 2.45) is 0 Å². The van der Waals surface area contributed by atoms with Crippen molar-refractivity contribution in [3.05, 3.63) is 41.9 Å². The lowest BCUT2D eigenvalue weighted by Gasteiger charge is -2.32. The lowest BCUT2D eigenvalue weighted by Crippen LogP contribution is -2.49. The van der Waals surface area contributed by atoms with E-state index >= 15 is 0 Å². The summed E-state index contributed by atoms with van der Waals surface area (Å²) in [5.41, 5.74) is 2.01. The van der Waals surface area contributed by atoms with Crippen LogP contribution in [0.5, 0.6) is 5.75 Å². The van der Waals surface area contributed by atoms with E-state index in [1.807, 2.05) is 37.4 Å². The molecular weight excluding hydrogens is 382 g/mol. The molecule has 0 radical (unpaired) electrons. The van der Waals surface area contributed by atoms with E-state index in [4.69, 9.17) is 4.74 Å². The molecule has 1 saturated heterocycles. The number of hydrogen-bond acceptors (Lipinski definition) is 7. The van der Waals surface area contributed by atoms with E-state index < -0.39 is 0 Å². The molecule has 0 bridgehead atoms. The van der Waals surface area contributed by atoms with Crippen LogP contribution in [0.15, 0.2) is 30.6 Å². The van der Waals surface area contributed by atoms with Crippen LogP contribution in [-0.2, 0) is 0 Å². The third-order valence-electron chi connectivity index (χ3n) is 4.87. The molecule has 1 fully saturated rings. The zero-order valence-corrected chi connectivity index (χ0v) is 17.7. The number of imidazole rings is 1. The average molecular weight is 409 g/mol. The molecule has 0 saturated carbocycles. The highest BCUT2D eigenvalue weighted by molar-refractivity contribution is 6.05. The number of fused-ring (bicyclic) bond motifs is 1. The van der Waals surface area contributed by atoms with Gasteiger partial charge in [-0.25, -0.2) is 4.98 Å². The molecule has 4 rings (SSSR count). The molecule has 3 aromatic rings. The minimum atomic E-state index is -0.309. The number of rotatable bonds is 5. The van der Waals surface area contributed by atoms with Crippen molar-refractivity contribution in [3.63, 3.8) is 0 Å². The molecular formula is C21H27N7O2. The molecule has 2 N–H and O–H groups in total. The standard InChI is InChI=1S/C21H27N7O2/c1-13(2)30-17-9-20-23-15(4)11-28(20)12-16(17)21(29)24-18-5-6-19(26-25-18)27-8-7-22-14(3)10-27/h5-6,9,11-14,22H,7-8,10H2,1-4H3,(H,24,25,29)/t14-/m0/s1. The SMILES string of the molecule is Cc1cn2cc(C(=O)Nc3ccc(N4CCN[C@@H](C)C4)nn3)c(OC(C)C)cc2n1. The maximum absolute atomic E-state index is 13.0. The van der Waals surface area contributed by atoms with Gasteiger partial charge in [0, 0.05) is 44.1 Å². The summed E-state index contributed by atoms with van der Waals surface area (Å²) in [5, 5.41) is 14.7. The number of nitrogens with zero attached hydrogens (tertiary/aromatic N) is 5. The number of aromatic nitrogens is 4. The van der Waals surface area contributed by atoms with Gasteiger partial charge in [-0.05, 0) is 39.8 Å². The quantitative estimate of drug-likeness (QED) is 0.667. The number of nitrogens with one attached hydrogen (secondary N) is 2. The van der Waals surface area contributed by atoms with Gasteiger partial charge in [0.1, 0.15) is 11.4 Å². The molecule has 3 aromatic heterocycles. The normalized spacial score (nSPS) is 16.8. The molecule has 0 aliphatic carbocycles. The number of amides is 1. The number of anilines is 2. The van der Waals surface area contributed by atoms with Crippen LogP contribution in [0.3, 0.4) is 0 Å². The monoisotopic (exact) mass is 409 g/mol. The van der Waals surface area contributed by atoms with E-state index in [9.17, 15) is 4.79 Å². The van der Waals surface area contributed by atoms with E-state index in [1.54, 1.807) is 18.3 Å². The van der Waals surface area contributed by atoms with Gasteiger partial charge in [0.05, 0.1) is 17.4 Å². The summed E-state index contributed by atoms with van der Waals surface area (Å²) in [5.74, 6) is 1.38. The van der Waals surface area contributed by atoms with Crippen molar-refractivity contribution in [1.29, 1.82) is 0 Å². The molecule has 0 aromatic carbocycles. The second kappa shape index (κ2) is 8.27. The van der Waals surface area contributed by atoms with Gasteiger partial charge in [-0.15, -0.1) is 10.2 Å². The Kier molecular flexibility index (Phi) is 5.54. The Bertz CT molecular complexity index is 1050. The van der Waals surface area contributed by atoms with Crippen molar-refractivity contribution in [2.75, 3.05) is 29.9 Å². The van der Waals surface area contributed by atoms with Gasteiger partial charge in [-0.1, -0.05) is 0 Å². The lowest BCUT2D eigenvalue weighted by atomic mass is 10.2. The summed E-state index contributed by atoms with van der Waals surface area (Å²) in [6, 6.07) is 5.84. The second-order valence-corrected chi connectivity index (χ2v) is 7.90. The average Bonchev–Trinajstić information content (AvgIpc) is 3.06. The van der Waals surface area contributed by atoms with E-state index in [1.165, 1.54) is 0 Å². The van der Waals surface area contributed by atoms with Crippen LogP contribution in [0.1, 0.15) is 36.8 Å². The van der Waals surface area contributed by atoms with E-state index in [0.717, 1.165) is 36.8 Å². The van der Waals surface area contributed by atoms with Gasteiger partial charge < -0.3 is 24.7 Å². The van der Waals surface area contributed by atoms with Crippen LogP contribution >= 0.6 is 0 Å². The summed E-state index contributed by atoms with van der Waals surface area (Å²) < 4.78 is 7.68. The maximum Gasteiger partial charge on any atom is 0.262 e. The number of pyridine rings is 1. The topological polar surface area (TPSA) is 96.7 Å². The molecule has 0 spiro atoms. The fourth-order valence-corrected chi connectivity index (χ4v) is 3.55. The smallest absolute Gasteiger partial charge is 0.262 e. The van der Waals surface area contributed by atoms with E-state index in [-0.39, 0.29) is 12.0 Å². The fraction of sp³-hybridized carbons (Fsp3) is 0.429. The largest absolute Gasteiger partial charge is 0.490 e. The highest BCUT2D eigenvalue weighted by atomic mass is 16.5. The van der Waals surface area contributed by atoms with Gasteiger partial charge in [-0.2, -0.15) is 0 Å². The number of aryl methyl sites for hydroxylation is 1. The molecule has 9 heteroatoms. The van der Waals surface area contributed by atoms with Crippen molar-refractivity contribution >= 4 is 23.2 Å². The molecule has 4 heterocycles. The molecule has 30 heavy (non-hydrogen) atoms. The lowest BCUT2D eigenvalue weighted by molar-refractivity contribution is 0.102. The van der Waals surface area contributed by atoms with Gasteiger partial charge in [-0.3, -0.25) is 4.79 Å². The Balaban J connectivity index is 1.55. The molecule has 1 aliphatic rings. The van der Waals surface area contributed by atoms with Crippen LogP contribution in [0.2, 0.25) is 0 Å². The Morgan fingerprint density at radius 1 is 1.30 bits per heavy atom. The van der Waals surface area contributed by atoms with Gasteiger partial charge >= 0.3 is 0 Å². The summed E-state index contributed by atoms with van der Waals surface area (Å²) >= 11 is 0. The van der Waals surface area contributed by atoms with Crippen molar-refractivity contribution in [2.45, 2.75) is 39.8 Å². The summed E-state index contributed by atoms with van der Waals surface area (Å²) in [6.45, 7) is 10.6. The first-order valence-corrected chi connectivity index (χ1v) is 10.2. The third kappa shape index (κ3) is 4.35. The zero-order chi connectivity index (χ0) is 21.3. The van der Waals surface area contributed by atoms with Crippen LogP contribution in [-0.4, -0.2) is 57.3 Å². The highest BCUT2D eigenvalue weighted by Gasteiger charge is 2.19. The summed E-state index contributed by atoms with van der Waals surface area (Å²) in [7, 11) is 0. The maximum atomic E-state index is 13.0. The van der Waals surface area contributed by atoms with Crippen molar-refractivity contribution in [3.8, 4) is 5.75 Å². The Morgan fingerprint density at radius 2 is 2.13 bits per heavy atom. The van der Waals surface area contributed by atoms with Crippen LogP contribution in [0.4, 0.5) is 11.6 Å².